The Morgan fingerprint density at radius 3 is 2.25 bits per heavy atom. The van der Waals surface area contributed by atoms with Crippen LogP contribution in [0.4, 0.5) is 0 Å². The average Bonchev–Trinajstić information content (AvgIpc) is 3.16. The number of halogens is 1. The smallest absolute Gasteiger partial charge is 0.204 e. The van der Waals surface area contributed by atoms with E-state index in [2.05, 4.69) is 80.0 Å². The molecule has 4 aromatic rings. The van der Waals surface area contributed by atoms with Gasteiger partial charge in [-0.15, -0.1) is 5.10 Å². The minimum atomic E-state index is 0.638. The molecule has 0 aliphatic carbocycles. The molecule has 4 nitrogen and oxygen atoms in total. The highest BCUT2D eigenvalue weighted by molar-refractivity contribution is 9.10. The van der Waals surface area contributed by atoms with E-state index in [4.69, 9.17) is 17.3 Å². The van der Waals surface area contributed by atoms with Gasteiger partial charge in [-0.1, -0.05) is 76.6 Å². The molecule has 0 atom stereocenters. The van der Waals surface area contributed by atoms with E-state index in [1.807, 2.05) is 35.0 Å². The second kappa shape index (κ2) is 9.53. The first-order valence-corrected chi connectivity index (χ1v) is 12.2. The van der Waals surface area contributed by atoms with Gasteiger partial charge < -0.3 is 0 Å². The fraction of sp³-hybridized carbons (Fsp3) is 0.231. The summed E-state index contributed by atoms with van der Waals surface area (Å²) in [6.07, 6.45) is 2.32. The van der Waals surface area contributed by atoms with Crippen LogP contribution < -0.4 is 0 Å². The quantitative estimate of drug-likeness (QED) is 0.284. The molecule has 0 unspecified atom stereocenters. The first-order chi connectivity index (χ1) is 15.7. The maximum absolute atomic E-state index is 5.92. The van der Waals surface area contributed by atoms with Crippen molar-refractivity contribution < 1.29 is 0 Å². The van der Waals surface area contributed by atoms with Crippen LogP contribution in [0, 0.1) is 4.77 Å². The van der Waals surface area contributed by atoms with Crippen LogP contribution >= 0.6 is 28.1 Å². The topological polar surface area (TPSA) is 26.0 Å². The molecule has 0 amide bonds. The van der Waals surface area contributed by atoms with Crippen molar-refractivity contribution in [3.8, 4) is 17.1 Å². The van der Waals surface area contributed by atoms with Gasteiger partial charge in [0.2, 0.25) is 4.77 Å². The minimum Gasteiger partial charge on any atom is -0.284 e. The van der Waals surface area contributed by atoms with E-state index in [-0.39, 0.29) is 0 Å². The molecule has 162 valence electrons. The number of nitrogens with zero attached hydrogens (tertiary/aromatic N) is 4. The molecular weight excluding hydrogens is 480 g/mol. The van der Waals surface area contributed by atoms with E-state index >= 15 is 0 Å². The van der Waals surface area contributed by atoms with Gasteiger partial charge in [-0.3, -0.25) is 9.47 Å². The molecule has 32 heavy (non-hydrogen) atoms. The van der Waals surface area contributed by atoms with Crippen LogP contribution in [-0.4, -0.2) is 32.3 Å². The van der Waals surface area contributed by atoms with Crippen LogP contribution in [0.15, 0.2) is 89.4 Å². The molecule has 0 saturated carbocycles. The summed E-state index contributed by atoms with van der Waals surface area (Å²) >= 11 is 9.51. The van der Waals surface area contributed by atoms with Crippen molar-refractivity contribution in [1.29, 1.82) is 0 Å². The van der Waals surface area contributed by atoms with Gasteiger partial charge in [0.15, 0.2) is 5.82 Å². The minimum absolute atomic E-state index is 0.638. The number of hydrogen-bond acceptors (Lipinski definition) is 3. The molecule has 1 saturated heterocycles. The summed E-state index contributed by atoms with van der Waals surface area (Å²) in [7, 11) is 0. The maximum Gasteiger partial charge on any atom is 0.204 e. The van der Waals surface area contributed by atoms with Crippen molar-refractivity contribution >= 4 is 28.1 Å². The normalized spacial score (nSPS) is 15.2. The zero-order valence-corrected chi connectivity index (χ0v) is 20.2. The molecule has 0 bridgehead atoms. The lowest BCUT2D eigenvalue weighted by molar-refractivity contribution is 0.160. The molecule has 3 aromatic carbocycles. The number of benzene rings is 3. The van der Waals surface area contributed by atoms with Crippen molar-refractivity contribution in [2.75, 3.05) is 13.1 Å². The van der Waals surface area contributed by atoms with Gasteiger partial charge in [0.05, 0.1) is 6.67 Å². The van der Waals surface area contributed by atoms with Crippen LogP contribution in [0.5, 0.6) is 0 Å². The summed E-state index contributed by atoms with van der Waals surface area (Å²) in [6, 6.07) is 29.4. The standard InChI is InChI=1S/C26H25BrN4S/c27-23-11-7-10-22(18-23)25-28-30(26(32)31(25)24-12-5-2-6-13-24)19-29-16-14-21(15-17-29)20-8-3-1-4-9-20/h1-13,18,21H,14-17,19H2. The van der Waals surface area contributed by atoms with Crippen LogP contribution in [-0.2, 0) is 6.67 Å². The number of aromatic nitrogens is 3. The van der Waals surface area contributed by atoms with Gasteiger partial charge in [-0.2, -0.15) is 0 Å². The van der Waals surface area contributed by atoms with E-state index in [0.717, 1.165) is 52.3 Å². The van der Waals surface area contributed by atoms with Gasteiger partial charge in [0.1, 0.15) is 0 Å². The Kier molecular flexibility index (Phi) is 6.35. The number of hydrogen-bond donors (Lipinski definition) is 0. The van der Waals surface area contributed by atoms with Crippen LogP contribution in [0.2, 0.25) is 0 Å². The lowest BCUT2D eigenvalue weighted by Gasteiger charge is -2.31. The Morgan fingerprint density at radius 2 is 1.56 bits per heavy atom. The van der Waals surface area contributed by atoms with E-state index in [9.17, 15) is 0 Å². The maximum atomic E-state index is 5.92. The molecule has 6 heteroatoms. The number of piperidine rings is 1. The summed E-state index contributed by atoms with van der Waals surface area (Å²) in [4.78, 5) is 2.46. The molecular formula is C26H25BrN4S. The zero-order chi connectivity index (χ0) is 21.9. The largest absolute Gasteiger partial charge is 0.284 e. The van der Waals surface area contributed by atoms with Crippen LogP contribution in [0.3, 0.4) is 0 Å². The lowest BCUT2D eigenvalue weighted by Crippen LogP contribution is -2.34. The molecule has 0 N–H and O–H groups in total. The highest BCUT2D eigenvalue weighted by atomic mass is 79.9. The Bertz CT molecular complexity index is 1240. The number of likely N-dealkylation sites (tertiary alicyclic amines) is 1. The van der Waals surface area contributed by atoms with E-state index in [1.165, 1.54) is 5.56 Å². The van der Waals surface area contributed by atoms with Crippen molar-refractivity contribution in [1.82, 2.24) is 19.2 Å². The predicted octanol–water partition coefficient (Wildman–Crippen LogP) is 6.67. The van der Waals surface area contributed by atoms with E-state index in [1.54, 1.807) is 0 Å². The summed E-state index contributed by atoms with van der Waals surface area (Å²) in [6.45, 7) is 2.80. The number of rotatable bonds is 5. The van der Waals surface area contributed by atoms with E-state index in [0.29, 0.717) is 12.6 Å². The SMILES string of the molecule is S=c1n(CN2CCC(c3ccccc3)CC2)nc(-c2cccc(Br)c2)n1-c1ccccc1. The molecule has 1 aliphatic rings. The summed E-state index contributed by atoms with van der Waals surface area (Å²) in [5.41, 5.74) is 3.52. The van der Waals surface area contributed by atoms with Gasteiger partial charge >= 0.3 is 0 Å². The summed E-state index contributed by atoms with van der Waals surface area (Å²) in [5.74, 6) is 1.50. The monoisotopic (exact) mass is 504 g/mol. The first-order valence-electron chi connectivity index (χ1n) is 11.0. The van der Waals surface area contributed by atoms with Crippen molar-refractivity contribution in [2.24, 2.45) is 0 Å². The average molecular weight is 505 g/mol. The molecule has 0 spiro atoms. The third-order valence-electron chi connectivity index (χ3n) is 6.13. The van der Waals surface area contributed by atoms with Gasteiger partial charge in [-0.25, -0.2) is 4.68 Å². The van der Waals surface area contributed by atoms with E-state index < -0.39 is 0 Å². The second-order valence-corrected chi connectivity index (χ2v) is 9.51. The molecule has 5 rings (SSSR count). The van der Waals surface area contributed by atoms with Crippen molar-refractivity contribution in [3.63, 3.8) is 0 Å². The van der Waals surface area contributed by atoms with Gasteiger partial charge in [0, 0.05) is 28.8 Å². The van der Waals surface area contributed by atoms with Gasteiger partial charge in [0.25, 0.3) is 0 Å². The zero-order valence-electron chi connectivity index (χ0n) is 17.8. The summed E-state index contributed by atoms with van der Waals surface area (Å²) < 4.78 is 5.80. The third-order valence-corrected chi connectivity index (χ3v) is 7.02. The molecule has 0 radical (unpaired) electrons. The van der Waals surface area contributed by atoms with Crippen molar-refractivity contribution in [2.45, 2.75) is 25.4 Å². The van der Waals surface area contributed by atoms with Crippen molar-refractivity contribution in [3.05, 3.63) is 99.7 Å². The van der Waals surface area contributed by atoms with Crippen LogP contribution in [0.1, 0.15) is 24.3 Å². The summed E-state index contributed by atoms with van der Waals surface area (Å²) in [5, 5.41) is 4.98. The highest BCUT2D eigenvalue weighted by Crippen LogP contribution is 2.29. The molecule has 1 fully saturated rings. The Balaban J connectivity index is 1.42. The lowest BCUT2D eigenvalue weighted by atomic mass is 9.90. The Labute approximate surface area is 202 Å². The first kappa shape index (κ1) is 21.3. The Hall–Kier alpha value is -2.54. The fourth-order valence-electron chi connectivity index (χ4n) is 4.45. The predicted molar refractivity (Wildman–Crippen MR) is 136 cm³/mol. The number of para-hydroxylation sites is 1. The molecule has 2 heterocycles. The van der Waals surface area contributed by atoms with Gasteiger partial charge in [-0.05, 0) is 60.8 Å². The second-order valence-electron chi connectivity index (χ2n) is 8.23. The van der Waals surface area contributed by atoms with Crippen LogP contribution in [0.25, 0.3) is 17.1 Å². The third kappa shape index (κ3) is 4.49. The molecule has 1 aliphatic heterocycles. The Morgan fingerprint density at radius 1 is 0.875 bits per heavy atom. The molecule has 1 aromatic heterocycles. The highest BCUT2D eigenvalue weighted by Gasteiger charge is 2.22. The fourth-order valence-corrected chi connectivity index (χ4v) is 5.14.